The van der Waals surface area contributed by atoms with Gasteiger partial charge < -0.3 is 9.64 Å². The lowest BCUT2D eigenvalue weighted by Gasteiger charge is -2.31. The topological polar surface area (TPSA) is 131 Å². The quantitative estimate of drug-likeness (QED) is 0.344. The van der Waals surface area contributed by atoms with Gasteiger partial charge in [-0.3, -0.25) is 35.0 Å². The Morgan fingerprint density at radius 1 is 1.00 bits per heavy atom. The van der Waals surface area contributed by atoms with Crippen molar-refractivity contribution in [1.29, 1.82) is 0 Å². The first kappa shape index (κ1) is 26.0. The van der Waals surface area contributed by atoms with Crippen LogP contribution < -0.4 is 15.6 Å². The van der Waals surface area contributed by atoms with E-state index in [1.807, 2.05) is 0 Å². The van der Waals surface area contributed by atoms with Gasteiger partial charge in [-0.2, -0.15) is 0 Å². The molecule has 1 aromatic carbocycles. The van der Waals surface area contributed by atoms with Crippen LogP contribution in [0.4, 0.5) is 0 Å². The van der Waals surface area contributed by atoms with Gasteiger partial charge in [-0.25, -0.2) is 4.98 Å². The van der Waals surface area contributed by atoms with Crippen LogP contribution in [-0.2, 0) is 4.79 Å². The zero-order valence-electron chi connectivity index (χ0n) is 20.3. The first-order valence-electron chi connectivity index (χ1n) is 11.9. The predicted molar refractivity (Wildman–Crippen MR) is 136 cm³/mol. The number of amides is 3. The maximum absolute atomic E-state index is 12.6. The second-order valence-corrected chi connectivity index (χ2v) is 9.42. The molecule has 3 amide bonds. The summed E-state index contributed by atoms with van der Waals surface area (Å²) in [5.41, 5.74) is 5.83. The Labute approximate surface area is 218 Å². The van der Waals surface area contributed by atoms with Gasteiger partial charge in [0.15, 0.2) is 5.78 Å². The molecule has 2 N–H and O–H groups in total. The Bertz CT molecular complexity index is 1250. The third-order valence-electron chi connectivity index (χ3n) is 6.14. The SMILES string of the molecule is COc1ccc(C(=O)CCC(=O)N2CCC(c3nc(C(=O)NNC(=O)c4cccnc4)cs3)CC2)cc1. The van der Waals surface area contributed by atoms with E-state index in [0.717, 1.165) is 17.8 Å². The molecule has 1 fully saturated rings. The number of methoxy groups -OCH3 is 1. The molecule has 1 aliphatic heterocycles. The fourth-order valence-electron chi connectivity index (χ4n) is 4.00. The average Bonchev–Trinajstić information content (AvgIpc) is 3.45. The maximum Gasteiger partial charge on any atom is 0.289 e. The first-order valence-corrected chi connectivity index (χ1v) is 12.7. The monoisotopic (exact) mass is 521 g/mol. The van der Waals surface area contributed by atoms with Crippen molar-refractivity contribution in [2.75, 3.05) is 20.2 Å². The van der Waals surface area contributed by atoms with E-state index in [1.54, 1.807) is 60.0 Å². The Morgan fingerprint density at radius 2 is 1.73 bits per heavy atom. The van der Waals surface area contributed by atoms with E-state index in [4.69, 9.17) is 4.74 Å². The molecule has 4 rings (SSSR count). The maximum atomic E-state index is 12.6. The summed E-state index contributed by atoms with van der Waals surface area (Å²) in [6.07, 6.45) is 4.74. The number of likely N-dealkylation sites (tertiary alicyclic amines) is 1. The molecule has 11 heteroatoms. The number of ether oxygens (including phenoxy) is 1. The van der Waals surface area contributed by atoms with Gasteiger partial charge in [0.05, 0.1) is 17.7 Å². The Morgan fingerprint density at radius 3 is 2.41 bits per heavy atom. The molecule has 0 radical (unpaired) electrons. The number of carbonyl (C=O) groups is 4. The average molecular weight is 522 g/mol. The normalized spacial score (nSPS) is 13.6. The minimum Gasteiger partial charge on any atom is -0.497 e. The van der Waals surface area contributed by atoms with Crippen LogP contribution in [0.5, 0.6) is 5.75 Å². The number of hydrogen-bond donors (Lipinski definition) is 2. The standard InChI is InChI=1S/C26H27N5O5S/c1-36-20-6-4-17(5-7-20)22(32)8-9-23(33)31-13-10-18(11-14-31)26-28-21(16-37-26)25(35)30-29-24(34)19-3-2-12-27-15-19/h2-7,12,15-16,18H,8-11,13-14H2,1H3,(H,29,34)(H,30,35). The molecular formula is C26H27N5O5S. The number of pyridine rings is 1. The van der Waals surface area contributed by atoms with Gasteiger partial charge in [0.1, 0.15) is 11.4 Å². The number of benzene rings is 1. The van der Waals surface area contributed by atoms with E-state index >= 15 is 0 Å². The fourth-order valence-corrected chi connectivity index (χ4v) is 4.97. The van der Waals surface area contributed by atoms with Crippen molar-refractivity contribution in [1.82, 2.24) is 25.7 Å². The summed E-state index contributed by atoms with van der Waals surface area (Å²) in [7, 11) is 1.57. The second kappa shape index (κ2) is 12.2. The molecule has 1 saturated heterocycles. The number of hydrogen-bond acceptors (Lipinski definition) is 8. The van der Waals surface area contributed by atoms with E-state index in [2.05, 4.69) is 20.8 Å². The second-order valence-electron chi connectivity index (χ2n) is 8.53. The zero-order valence-corrected chi connectivity index (χ0v) is 21.1. The highest BCUT2D eigenvalue weighted by atomic mass is 32.1. The molecule has 1 aliphatic rings. The van der Waals surface area contributed by atoms with Crippen LogP contribution in [0.15, 0.2) is 54.2 Å². The molecule has 0 saturated carbocycles. The molecule has 0 aliphatic carbocycles. The van der Waals surface area contributed by atoms with Crippen molar-refractivity contribution >= 4 is 34.8 Å². The van der Waals surface area contributed by atoms with E-state index < -0.39 is 11.8 Å². The van der Waals surface area contributed by atoms with E-state index in [-0.39, 0.29) is 36.1 Å². The van der Waals surface area contributed by atoms with Gasteiger partial charge in [-0.05, 0) is 49.2 Å². The number of nitrogens with zero attached hydrogens (tertiary/aromatic N) is 3. The number of nitrogens with one attached hydrogen (secondary N) is 2. The molecule has 37 heavy (non-hydrogen) atoms. The number of ketones is 1. The smallest absolute Gasteiger partial charge is 0.289 e. The van der Waals surface area contributed by atoms with Crippen LogP contribution in [0.1, 0.15) is 67.8 Å². The highest BCUT2D eigenvalue weighted by Crippen LogP contribution is 2.30. The van der Waals surface area contributed by atoms with Gasteiger partial charge in [-0.15, -0.1) is 11.3 Å². The Hall–Kier alpha value is -4.12. The van der Waals surface area contributed by atoms with Crippen LogP contribution >= 0.6 is 11.3 Å². The number of carbonyl (C=O) groups excluding carboxylic acids is 4. The van der Waals surface area contributed by atoms with Crippen molar-refractivity contribution < 1.29 is 23.9 Å². The zero-order chi connectivity index (χ0) is 26.2. The molecule has 0 bridgehead atoms. The van der Waals surface area contributed by atoms with Crippen LogP contribution in [0.25, 0.3) is 0 Å². The van der Waals surface area contributed by atoms with Crippen LogP contribution in [0.2, 0.25) is 0 Å². The van der Waals surface area contributed by atoms with Crippen molar-refractivity contribution in [3.63, 3.8) is 0 Å². The van der Waals surface area contributed by atoms with Crippen molar-refractivity contribution in [2.24, 2.45) is 0 Å². The van der Waals surface area contributed by atoms with Gasteiger partial charge in [0.25, 0.3) is 11.8 Å². The largest absolute Gasteiger partial charge is 0.497 e. The lowest BCUT2D eigenvalue weighted by atomic mass is 9.97. The minimum absolute atomic E-state index is 0.0381. The number of aromatic nitrogens is 2. The number of piperidine rings is 1. The molecule has 3 heterocycles. The van der Waals surface area contributed by atoms with Gasteiger partial charge in [0, 0.05) is 55.2 Å². The number of rotatable bonds is 8. The van der Waals surface area contributed by atoms with Crippen molar-refractivity contribution in [3.8, 4) is 5.75 Å². The lowest BCUT2D eigenvalue weighted by Crippen LogP contribution is -2.41. The Kier molecular flexibility index (Phi) is 8.57. The first-order chi connectivity index (χ1) is 17.9. The van der Waals surface area contributed by atoms with Crippen molar-refractivity contribution in [2.45, 2.75) is 31.6 Å². The highest BCUT2D eigenvalue weighted by Gasteiger charge is 2.26. The van der Waals surface area contributed by atoms with Crippen molar-refractivity contribution in [3.05, 3.63) is 76.0 Å². The number of Topliss-reactive ketones (excluding diaryl/α,β-unsaturated/α-hetero) is 1. The van der Waals surface area contributed by atoms with Crippen LogP contribution in [-0.4, -0.2) is 58.6 Å². The van der Waals surface area contributed by atoms with E-state index in [0.29, 0.717) is 30.0 Å². The summed E-state index contributed by atoms with van der Waals surface area (Å²) in [4.78, 5) is 59.6. The third kappa shape index (κ3) is 6.76. The molecule has 192 valence electrons. The number of hydrazine groups is 1. The predicted octanol–water partition coefficient (Wildman–Crippen LogP) is 2.99. The van der Waals surface area contributed by atoms with Crippen LogP contribution in [0.3, 0.4) is 0 Å². The molecular weight excluding hydrogens is 494 g/mol. The minimum atomic E-state index is -0.506. The lowest BCUT2D eigenvalue weighted by molar-refractivity contribution is -0.132. The summed E-state index contributed by atoms with van der Waals surface area (Å²) in [5.74, 6) is -0.272. The van der Waals surface area contributed by atoms with Crippen LogP contribution in [0, 0.1) is 0 Å². The fraction of sp³-hybridized carbons (Fsp3) is 0.308. The van der Waals surface area contributed by atoms with Gasteiger partial charge in [-0.1, -0.05) is 0 Å². The highest BCUT2D eigenvalue weighted by molar-refractivity contribution is 7.09. The summed E-state index contributed by atoms with van der Waals surface area (Å²) < 4.78 is 5.10. The molecule has 2 aromatic heterocycles. The summed E-state index contributed by atoms with van der Waals surface area (Å²) >= 11 is 1.39. The summed E-state index contributed by atoms with van der Waals surface area (Å²) in [6.45, 7) is 1.14. The third-order valence-corrected chi connectivity index (χ3v) is 7.15. The molecule has 3 aromatic rings. The van der Waals surface area contributed by atoms with Gasteiger partial charge in [0.2, 0.25) is 5.91 Å². The molecule has 0 spiro atoms. The summed E-state index contributed by atoms with van der Waals surface area (Å²) in [6, 6.07) is 10.1. The van der Waals surface area contributed by atoms with E-state index in [1.165, 1.54) is 17.5 Å². The van der Waals surface area contributed by atoms with E-state index in [9.17, 15) is 19.2 Å². The number of thiazole rings is 1. The molecule has 10 nitrogen and oxygen atoms in total. The van der Waals surface area contributed by atoms with Gasteiger partial charge >= 0.3 is 0 Å². The Balaban J connectivity index is 1.21. The molecule has 0 atom stereocenters. The summed E-state index contributed by atoms with van der Waals surface area (Å²) in [5, 5.41) is 2.48. The molecule has 0 unspecified atom stereocenters.